The standard InChI is InChI=1S/C23H27NO7S/c1-15-13-24(14-16(2)30-15)32(27,28)21-11-7-19(8-12-21)23(26)31-17(3)22(25)18-5-9-20(29-4)10-6-18/h5-12,15-17H,13-14H2,1-4H3/t15-,16+,17-/m0/s1. The maximum atomic E-state index is 12.9. The number of hydrogen-bond donors (Lipinski definition) is 0. The highest BCUT2D eigenvalue weighted by Crippen LogP contribution is 2.22. The summed E-state index contributed by atoms with van der Waals surface area (Å²) in [6, 6.07) is 12.0. The van der Waals surface area contributed by atoms with Gasteiger partial charge in [0.25, 0.3) is 0 Å². The Morgan fingerprint density at radius 2 is 1.50 bits per heavy atom. The second kappa shape index (κ2) is 9.81. The Hall–Kier alpha value is -2.75. The largest absolute Gasteiger partial charge is 0.497 e. The molecule has 32 heavy (non-hydrogen) atoms. The van der Waals surface area contributed by atoms with E-state index in [1.807, 2.05) is 13.8 Å². The van der Waals surface area contributed by atoms with Gasteiger partial charge in [0.05, 0.1) is 29.8 Å². The Labute approximate surface area is 188 Å². The van der Waals surface area contributed by atoms with Gasteiger partial charge in [0.1, 0.15) is 5.75 Å². The van der Waals surface area contributed by atoms with E-state index >= 15 is 0 Å². The number of nitrogens with zero attached hydrogens (tertiary/aromatic N) is 1. The summed E-state index contributed by atoms with van der Waals surface area (Å²) in [7, 11) is -2.18. The zero-order valence-corrected chi connectivity index (χ0v) is 19.3. The summed E-state index contributed by atoms with van der Waals surface area (Å²) in [5, 5.41) is 0. The number of methoxy groups -OCH3 is 1. The second-order valence-corrected chi connectivity index (χ2v) is 9.68. The molecule has 1 fully saturated rings. The molecule has 0 radical (unpaired) electrons. The van der Waals surface area contributed by atoms with Crippen molar-refractivity contribution in [1.82, 2.24) is 4.31 Å². The Kier molecular flexibility index (Phi) is 7.33. The van der Waals surface area contributed by atoms with Crippen molar-refractivity contribution in [1.29, 1.82) is 0 Å². The molecule has 1 aliphatic rings. The van der Waals surface area contributed by atoms with Crippen molar-refractivity contribution in [2.24, 2.45) is 0 Å². The van der Waals surface area contributed by atoms with Crippen LogP contribution in [-0.2, 0) is 19.5 Å². The van der Waals surface area contributed by atoms with Gasteiger partial charge in [-0.25, -0.2) is 13.2 Å². The van der Waals surface area contributed by atoms with Crippen molar-refractivity contribution in [2.45, 2.75) is 44.0 Å². The SMILES string of the molecule is COc1ccc(C(=O)[C@H](C)OC(=O)c2ccc(S(=O)(=O)N3C[C@@H](C)O[C@@H](C)C3)cc2)cc1. The molecular weight excluding hydrogens is 434 g/mol. The average Bonchev–Trinajstić information content (AvgIpc) is 2.78. The lowest BCUT2D eigenvalue weighted by Gasteiger charge is -2.34. The van der Waals surface area contributed by atoms with E-state index in [1.54, 1.807) is 24.3 Å². The molecule has 0 bridgehead atoms. The molecule has 0 saturated carbocycles. The van der Waals surface area contributed by atoms with Crippen LogP contribution in [0.5, 0.6) is 5.75 Å². The first kappa shape index (κ1) is 23.9. The predicted molar refractivity (Wildman–Crippen MR) is 117 cm³/mol. The van der Waals surface area contributed by atoms with Crippen LogP contribution >= 0.6 is 0 Å². The van der Waals surface area contributed by atoms with Crippen LogP contribution in [0.1, 0.15) is 41.5 Å². The maximum absolute atomic E-state index is 12.9. The Morgan fingerprint density at radius 1 is 0.969 bits per heavy atom. The molecule has 9 heteroatoms. The van der Waals surface area contributed by atoms with Crippen molar-refractivity contribution in [3.63, 3.8) is 0 Å². The van der Waals surface area contributed by atoms with Crippen LogP contribution < -0.4 is 4.74 Å². The molecule has 3 rings (SSSR count). The molecule has 0 unspecified atom stereocenters. The van der Waals surface area contributed by atoms with Gasteiger partial charge in [-0.2, -0.15) is 4.31 Å². The van der Waals surface area contributed by atoms with Gasteiger partial charge >= 0.3 is 5.97 Å². The highest BCUT2D eigenvalue weighted by Gasteiger charge is 2.32. The summed E-state index contributed by atoms with van der Waals surface area (Å²) >= 11 is 0. The molecule has 2 aromatic rings. The fourth-order valence-corrected chi connectivity index (χ4v) is 5.10. The molecule has 0 spiro atoms. The van der Waals surface area contributed by atoms with E-state index in [0.29, 0.717) is 11.3 Å². The summed E-state index contributed by atoms with van der Waals surface area (Å²) in [6.07, 6.45) is -1.41. The minimum absolute atomic E-state index is 0.0812. The first-order valence-electron chi connectivity index (χ1n) is 10.3. The third kappa shape index (κ3) is 5.35. The van der Waals surface area contributed by atoms with Gasteiger partial charge in [0.15, 0.2) is 6.10 Å². The highest BCUT2D eigenvalue weighted by molar-refractivity contribution is 7.89. The maximum Gasteiger partial charge on any atom is 0.338 e. The number of rotatable bonds is 7. The topological polar surface area (TPSA) is 99.2 Å². The zero-order valence-electron chi connectivity index (χ0n) is 18.5. The first-order chi connectivity index (χ1) is 15.1. The van der Waals surface area contributed by atoms with Crippen LogP contribution in [-0.4, -0.2) is 63.0 Å². The van der Waals surface area contributed by atoms with Gasteiger partial charge in [-0.05, 0) is 69.3 Å². The normalized spacial score (nSPS) is 20.4. The molecule has 0 N–H and O–H groups in total. The van der Waals surface area contributed by atoms with E-state index in [-0.39, 0.29) is 41.5 Å². The number of benzene rings is 2. The molecule has 1 saturated heterocycles. The van der Waals surface area contributed by atoms with Gasteiger partial charge in [0.2, 0.25) is 15.8 Å². The number of sulfonamides is 1. The van der Waals surface area contributed by atoms with E-state index in [9.17, 15) is 18.0 Å². The van der Waals surface area contributed by atoms with Crippen molar-refractivity contribution >= 4 is 21.8 Å². The number of ether oxygens (including phenoxy) is 3. The van der Waals surface area contributed by atoms with E-state index in [1.165, 1.54) is 42.6 Å². The summed E-state index contributed by atoms with van der Waals surface area (Å²) in [5.74, 6) is -0.449. The van der Waals surface area contributed by atoms with Crippen LogP contribution in [0, 0.1) is 0 Å². The molecule has 0 aliphatic carbocycles. The molecule has 3 atom stereocenters. The van der Waals surface area contributed by atoms with Crippen molar-refractivity contribution in [2.75, 3.05) is 20.2 Å². The van der Waals surface area contributed by atoms with E-state index < -0.39 is 22.1 Å². The Bertz CT molecular complexity index is 1050. The first-order valence-corrected chi connectivity index (χ1v) is 11.7. The van der Waals surface area contributed by atoms with Crippen LogP contribution in [0.2, 0.25) is 0 Å². The molecule has 172 valence electrons. The average molecular weight is 462 g/mol. The molecule has 8 nitrogen and oxygen atoms in total. The third-order valence-electron chi connectivity index (χ3n) is 5.14. The van der Waals surface area contributed by atoms with E-state index in [4.69, 9.17) is 14.2 Å². The summed E-state index contributed by atoms with van der Waals surface area (Å²) in [5.41, 5.74) is 0.545. The summed E-state index contributed by atoms with van der Waals surface area (Å²) < 4.78 is 43.2. The number of esters is 1. The number of ketones is 1. The van der Waals surface area contributed by atoms with Gasteiger partial charge in [-0.1, -0.05) is 0 Å². The molecule has 1 heterocycles. The zero-order chi connectivity index (χ0) is 23.5. The second-order valence-electron chi connectivity index (χ2n) is 7.74. The molecule has 0 aromatic heterocycles. The van der Waals surface area contributed by atoms with Gasteiger partial charge in [0, 0.05) is 18.7 Å². The number of Topliss-reactive ketones (excluding diaryl/α,β-unsaturated/α-hetero) is 1. The quantitative estimate of drug-likeness (QED) is 0.462. The van der Waals surface area contributed by atoms with Crippen molar-refractivity contribution in [3.8, 4) is 5.75 Å². The predicted octanol–water partition coefficient (Wildman–Crippen LogP) is 2.92. The lowest BCUT2D eigenvalue weighted by molar-refractivity contribution is -0.0440. The van der Waals surface area contributed by atoms with E-state index in [2.05, 4.69) is 0 Å². The number of carbonyl (C=O) groups is 2. The Morgan fingerprint density at radius 3 is 2.03 bits per heavy atom. The lowest BCUT2D eigenvalue weighted by atomic mass is 10.1. The number of hydrogen-bond acceptors (Lipinski definition) is 7. The fraction of sp³-hybridized carbons (Fsp3) is 0.391. The summed E-state index contributed by atoms with van der Waals surface area (Å²) in [4.78, 5) is 25.1. The smallest absolute Gasteiger partial charge is 0.338 e. The van der Waals surface area contributed by atoms with Gasteiger partial charge < -0.3 is 14.2 Å². The minimum atomic E-state index is -3.71. The van der Waals surface area contributed by atoms with E-state index in [0.717, 1.165) is 0 Å². The minimum Gasteiger partial charge on any atom is -0.497 e. The fourth-order valence-electron chi connectivity index (χ4n) is 3.51. The third-order valence-corrected chi connectivity index (χ3v) is 6.99. The lowest BCUT2D eigenvalue weighted by Crippen LogP contribution is -2.48. The van der Waals surface area contributed by atoms with Gasteiger partial charge in [-0.15, -0.1) is 0 Å². The molecule has 1 aliphatic heterocycles. The molecular formula is C23H27NO7S. The number of carbonyl (C=O) groups excluding carboxylic acids is 2. The molecule has 2 aromatic carbocycles. The monoisotopic (exact) mass is 461 g/mol. The van der Waals surface area contributed by atoms with Crippen LogP contribution in [0.3, 0.4) is 0 Å². The van der Waals surface area contributed by atoms with Gasteiger partial charge in [-0.3, -0.25) is 4.79 Å². The summed E-state index contributed by atoms with van der Waals surface area (Å²) in [6.45, 7) is 5.67. The van der Waals surface area contributed by atoms with Crippen molar-refractivity contribution in [3.05, 3.63) is 59.7 Å². The molecule has 0 amide bonds. The Balaban J connectivity index is 1.67. The van der Waals surface area contributed by atoms with Crippen LogP contribution in [0.15, 0.2) is 53.4 Å². The van der Waals surface area contributed by atoms with Crippen LogP contribution in [0.4, 0.5) is 0 Å². The van der Waals surface area contributed by atoms with Crippen LogP contribution in [0.25, 0.3) is 0 Å². The highest BCUT2D eigenvalue weighted by atomic mass is 32.2. The number of morpholine rings is 1. The van der Waals surface area contributed by atoms with Crippen molar-refractivity contribution < 1.29 is 32.2 Å².